The molecule has 0 aliphatic carbocycles. The highest BCUT2D eigenvalue weighted by Crippen LogP contribution is 2.26. The first-order valence-corrected chi connectivity index (χ1v) is 9.89. The minimum Gasteiger partial charge on any atom is -0.368 e. The predicted molar refractivity (Wildman–Crippen MR) is 99.6 cm³/mol. The van der Waals surface area contributed by atoms with E-state index in [1.54, 1.807) is 17.0 Å². The number of rotatable bonds is 7. The molecule has 8 nitrogen and oxygen atoms in total. The van der Waals surface area contributed by atoms with Crippen molar-refractivity contribution in [3.05, 3.63) is 18.2 Å². The number of carbonyl (C=O) groups is 3. The first kappa shape index (κ1) is 19.4. The lowest BCUT2D eigenvalue weighted by Crippen LogP contribution is -2.40. The summed E-state index contributed by atoms with van der Waals surface area (Å²) in [5.41, 5.74) is 5.30. The van der Waals surface area contributed by atoms with Crippen LogP contribution in [0.15, 0.2) is 12.4 Å². The van der Waals surface area contributed by atoms with Gasteiger partial charge in [-0.05, 0) is 32.1 Å². The Morgan fingerprint density at radius 2 is 2.07 bits per heavy atom. The standard InChI is InChI=1S/C19H29N5O3/c20-16(25)14-24-12-8-21-19(24)15-5-3-11-23(13-15)18(27)7-4-10-22-9-2-1-6-17(22)26/h8,12,15H,1-7,9-11,13-14H2,(H2,20,25)/t15-/m0/s1. The smallest absolute Gasteiger partial charge is 0.237 e. The fourth-order valence-corrected chi connectivity index (χ4v) is 4.07. The Morgan fingerprint density at radius 1 is 1.22 bits per heavy atom. The largest absolute Gasteiger partial charge is 0.368 e. The first-order valence-electron chi connectivity index (χ1n) is 9.89. The van der Waals surface area contributed by atoms with Crippen LogP contribution in [0.25, 0.3) is 0 Å². The molecule has 2 N–H and O–H groups in total. The molecule has 148 valence electrons. The molecule has 3 rings (SSSR count). The van der Waals surface area contributed by atoms with Gasteiger partial charge in [0.25, 0.3) is 0 Å². The van der Waals surface area contributed by atoms with Crippen molar-refractivity contribution in [3.63, 3.8) is 0 Å². The van der Waals surface area contributed by atoms with Crippen LogP contribution in [-0.4, -0.2) is 63.3 Å². The van der Waals surface area contributed by atoms with Gasteiger partial charge in [-0.15, -0.1) is 0 Å². The minimum absolute atomic E-state index is 0.115. The van der Waals surface area contributed by atoms with E-state index in [0.29, 0.717) is 32.4 Å². The summed E-state index contributed by atoms with van der Waals surface area (Å²) in [7, 11) is 0. The molecule has 1 aromatic rings. The Labute approximate surface area is 159 Å². The van der Waals surface area contributed by atoms with Crippen molar-refractivity contribution in [2.75, 3.05) is 26.2 Å². The summed E-state index contributed by atoms with van der Waals surface area (Å²) < 4.78 is 1.78. The molecule has 0 bridgehead atoms. The molecule has 1 aromatic heterocycles. The number of likely N-dealkylation sites (tertiary alicyclic amines) is 2. The molecular formula is C19H29N5O3. The topological polar surface area (TPSA) is 102 Å². The summed E-state index contributed by atoms with van der Waals surface area (Å²) in [4.78, 5) is 43.9. The lowest BCUT2D eigenvalue weighted by Gasteiger charge is -2.33. The number of primary amides is 1. The van der Waals surface area contributed by atoms with E-state index in [9.17, 15) is 14.4 Å². The van der Waals surface area contributed by atoms with Crippen molar-refractivity contribution in [3.8, 4) is 0 Å². The number of nitrogens with zero attached hydrogens (tertiary/aromatic N) is 4. The van der Waals surface area contributed by atoms with Gasteiger partial charge in [0.15, 0.2) is 0 Å². The zero-order valence-corrected chi connectivity index (χ0v) is 15.8. The summed E-state index contributed by atoms with van der Waals surface area (Å²) in [5, 5.41) is 0. The molecule has 1 atom stereocenters. The van der Waals surface area contributed by atoms with Crippen LogP contribution < -0.4 is 5.73 Å². The van der Waals surface area contributed by atoms with E-state index in [-0.39, 0.29) is 24.3 Å². The molecule has 0 saturated carbocycles. The highest BCUT2D eigenvalue weighted by atomic mass is 16.2. The fourth-order valence-electron chi connectivity index (χ4n) is 4.07. The number of piperidine rings is 2. The van der Waals surface area contributed by atoms with Gasteiger partial charge in [-0.3, -0.25) is 14.4 Å². The number of amides is 3. The molecular weight excluding hydrogens is 346 g/mol. The second-order valence-corrected chi connectivity index (χ2v) is 7.50. The molecule has 0 radical (unpaired) electrons. The quantitative estimate of drug-likeness (QED) is 0.764. The predicted octanol–water partition coefficient (Wildman–Crippen LogP) is 0.867. The molecule has 2 saturated heterocycles. The Kier molecular flexibility index (Phi) is 6.47. The van der Waals surface area contributed by atoms with E-state index >= 15 is 0 Å². The third kappa shape index (κ3) is 5.08. The van der Waals surface area contributed by atoms with Gasteiger partial charge in [-0.25, -0.2) is 4.98 Å². The van der Waals surface area contributed by atoms with Crippen molar-refractivity contribution in [2.45, 2.75) is 57.4 Å². The maximum Gasteiger partial charge on any atom is 0.237 e. The van der Waals surface area contributed by atoms with E-state index in [2.05, 4.69) is 4.98 Å². The summed E-state index contributed by atoms with van der Waals surface area (Å²) in [6.07, 6.45) is 9.16. The Bertz CT molecular complexity index is 687. The van der Waals surface area contributed by atoms with E-state index < -0.39 is 5.91 Å². The molecule has 3 heterocycles. The van der Waals surface area contributed by atoms with Crippen molar-refractivity contribution in [1.82, 2.24) is 19.4 Å². The lowest BCUT2D eigenvalue weighted by molar-refractivity contribution is -0.135. The number of hydrogen-bond donors (Lipinski definition) is 1. The van der Waals surface area contributed by atoms with Crippen LogP contribution in [0.4, 0.5) is 0 Å². The second kappa shape index (κ2) is 9.01. The SMILES string of the molecule is NC(=O)Cn1ccnc1[C@H]1CCCN(C(=O)CCCN2CCCCC2=O)C1. The van der Waals surface area contributed by atoms with E-state index in [4.69, 9.17) is 5.73 Å². The molecule has 27 heavy (non-hydrogen) atoms. The minimum atomic E-state index is -0.398. The number of hydrogen-bond acceptors (Lipinski definition) is 4. The van der Waals surface area contributed by atoms with Crippen molar-refractivity contribution >= 4 is 17.7 Å². The maximum atomic E-state index is 12.6. The summed E-state index contributed by atoms with van der Waals surface area (Å²) in [6.45, 7) is 2.99. The molecule has 0 unspecified atom stereocenters. The molecule has 0 spiro atoms. The number of aromatic nitrogens is 2. The van der Waals surface area contributed by atoms with Crippen LogP contribution in [0, 0.1) is 0 Å². The highest BCUT2D eigenvalue weighted by Gasteiger charge is 2.27. The van der Waals surface area contributed by atoms with Crippen LogP contribution in [0.3, 0.4) is 0 Å². The zero-order chi connectivity index (χ0) is 19.2. The Morgan fingerprint density at radius 3 is 2.85 bits per heavy atom. The lowest BCUT2D eigenvalue weighted by atomic mass is 9.96. The van der Waals surface area contributed by atoms with Crippen LogP contribution in [0.5, 0.6) is 0 Å². The average molecular weight is 375 g/mol. The van der Waals surface area contributed by atoms with Gasteiger partial charge in [0.2, 0.25) is 17.7 Å². The molecule has 2 aliphatic rings. The van der Waals surface area contributed by atoms with Crippen molar-refractivity contribution in [2.24, 2.45) is 5.73 Å². The van der Waals surface area contributed by atoms with E-state index in [0.717, 1.165) is 44.6 Å². The van der Waals surface area contributed by atoms with Crippen LogP contribution in [-0.2, 0) is 20.9 Å². The maximum absolute atomic E-state index is 12.6. The number of imidazole rings is 1. The van der Waals surface area contributed by atoms with Crippen LogP contribution >= 0.6 is 0 Å². The molecule has 0 aromatic carbocycles. The number of carbonyl (C=O) groups excluding carboxylic acids is 3. The third-order valence-corrected chi connectivity index (χ3v) is 5.45. The second-order valence-electron chi connectivity index (χ2n) is 7.50. The summed E-state index contributed by atoms with van der Waals surface area (Å²) in [6, 6.07) is 0. The Balaban J connectivity index is 1.50. The van der Waals surface area contributed by atoms with Crippen molar-refractivity contribution in [1.29, 1.82) is 0 Å². The van der Waals surface area contributed by atoms with Crippen LogP contribution in [0.2, 0.25) is 0 Å². The molecule has 3 amide bonds. The first-order chi connectivity index (χ1) is 13.0. The van der Waals surface area contributed by atoms with Gasteiger partial charge in [-0.1, -0.05) is 0 Å². The van der Waals surface area contributed by atoms with Crippen LogP contribution in [0.1, 0.15) is 56.7 Å². The van der Waals surface area contributed by atoms with Gasteiger partial charge < -0.3 is 20.1 Å². The zero-order valence-electron chi connectivity index (χ0n) is 15.8. The monoisotopic (exact) mass is 375 g/mol. The van der Waals surface area contributed by atoms with E-state index in [1.165, 1.54) is 0 Å². The fraction of sp³-hybridized carbons (Fsp3) is 0.684. The number of nitrogens with two attached hydrogens (primary N) is 1. The van der Waals surface area contributed by atoms with Gasteiger partial charge in [0.05, 0.1) is 0 Å². The van der Waals surface area contributed by atoms with E-state index in [1.807, 2.05) is 9.80 Å². The van der Waals surface area contributed by atoms with Gasteiger partial charge in [0.1, 0.15) is 12.4 Å². The highest BCUT2D eigenvalue weighted by molar-refractivity contribution is 5.78. The molecule has 2 aliphatic heterocycles. The Hall–Kier alpha value is -2.38. The third-order valence-electron chi connectivity index (χ3n) is 5.45. The molecule has 2 fully saturated rings. The molecule has 8 heteroatoms. The van der Waals surface area contributed by atoms with Crippen molar-refractivity contribution < 1.29 is 14.4 Å². The summed E-state index contributed by atoms with van der Waals surface area (Å²) in [5.74, 6) is 0.904. The van der Waals surface area contributed by atoms with Gasteiger partial charge in [0, 0.05) is 57.3 Å². The normalized spacial score (nSPS) is 20.7. The van der Waals surface area contributed by atoms with Gasteiger partial charge in [-0.2, -0.15) is 0 Å². The average Bonchev–Trinajstić information content (AvgIpc) is 3.10. The summed E-state index contributed by atoms with van der Waals surface area (Å²) >= 11 is 0. The van der Waals surface area contributed by atoms with Gasteiger partial charge >= 0.3 is 0 Å².